The van der Waals surface area contributed by atoms with E-state index in [0.717, 1.165) is 0 Å². The van der Waals surface area contributed by atoms with Crippen LogP contribution in [0.3, 0.4) is 0 Å². The first-order chi connectivity index (χ1) is 12.6. The summed E-state index contributed by atoms with van der Waals surface area (Å²) in [5.41, 5.74) is 1.32. The Morgan fingerprint density at radius 3 is 2.81 bits per heavy atom. The number of hydrogen-bond donors (Lipinski definition) is 0. The molecule has 0 spiro atoms. The summed E-state index contributed by atoms with van der Waals surface area (Å²) < 4.78 is 37.7. The lowest BCUT2D eigenvalue weighted by Gasteiger charge is -2.06. The van der Waals surface area contributed by atoms with Gasteiger partial charge in [-0.3, -0.25) is 0 Å². The third-order valence-corrected chi connectivity index (χ3v) is 3.70. The van der Waals surface area contributed by atoms with Gasteiger partial charge in [0, 0.05) is 23.9 Å². The van der Waals surface area contributed by atoms with Gasteiger partial charge in [0.15, 0.2) is 0 Å². The minimum Gasteiger partial charge on any atom is -0.457 e. The SMILES string of the molecule is COCc1ccnc(OCc2cn(-c3ccc(Cl)c(C(F)F)c3)nn2)n1. The van der Waals surface area contributed by atoms with Crippen LogP contribution in [-0.2, 0) is 18.0 Å². The normalized spacial score (nSPS) is 11.1. The Hall–Kier alpha value is -2.65. The monoisotopic (exact) mass is 381 g/mol. The van der Waals surface area contributed by atoms with E-state index >= 15 is 0 Å². The Bertz CT molecular complexity index is 891. The second kappa shape index (κ2) is 8.15. The van der Waals surface area contributed by atoms with Gasteiger partial charge < -0.3 is 9.47 Å². The Morgan fingerprint density at radius 1 is 1.19 bits per heavy atom. The Kier molecular flexibility index (Phi) is 5.69. The molecule has 0 saturated carbocycles. The summed E-state index contributed by atoms with van der Waals surface area (Å²) in [5.74, 6) is 0. The van der Waals surface area contributed by atoms with Crippen molar-refractivity contribution >= 4 is 11.6 Å². The second-order valence-electron chi connectivity index (χ2n) is 5.21. The minimum atomic E-state index is -2.68. The quantitative estimate of drug-likeness (QED) is 0.624. The number of ether oxygens (including phenoxy) is 2. The molecule has 136 valence electrons. The zero-order valence-electron chi connectivity index (χ0n) is 13.6. The van der Waals surface area contributed by atoms with Crippen molar-refractivity contribution in [3.63, 3.8) is 0 Å². The van der Waals surface area contributed by atoms with Crippen molar-refractivity contribution in [2.24, 2.45) is 0 Å². The van der Waals surface area contributed by atoms with Crippen molar-refractivity contribution in [2.75, 3.05) is 7.11 Å². The van der Waals surface area contributed by atoms with E-state index in [0.29, 0.717) is 23.7 Å². The zero-order valence-corrected chi connectivity index (χ0v) is 14.4. The summed E-state index contributed by atoms with van der Waals surface area (Å²) in [6.45, 7) is 0.420. The van der Waals surface area contributed by atoms with E-state index in [2.05, 4.69) is 20.3 Å². The fourth-order valence-corrected chi connectivity index (χ4v) is 2.34. The highest BCUT2D eigenvalue weighted by atomic mass is 35.5. The predicted octanol–water partition coefficient (Wildman–Crippen LogP) is 3.37. The molecule has 7 nitrogen and oxygen atoms in total. The second-order valence-corrected chi connectivity index (χ2v) is 5.62. The molecule has 0 atom stereocenters. The smallest absolute Gasteiger partial charge is 0.317 e. The molecule has 0 N–H and O–H groups in total. The van der Waals surface area contributed by atoms with Crippen LogP contribution in [0.1, 0.15) is 23.4 Å². The van der Waals surface area contributed by atoms with E-state index in [1.54, 1.807) is 31.6 Å². The van der Waals surface area contributed by atoms with E-state index in [-0.39, 0.29) is 23.2 Å². The largest absolute Gasteiger partial charge is 0.457 e. The average Bonchev–Trinajstić information content (AvgIpc) is 3.10. The molecule has 1 aromatic carbocycles. The fraction of sp³-hybridized carbons (Fsp3) is 0.250. The van der Waals surface area contributed by atoms with Crippen molar-refractivity contribution in [1.29, 1.82) is 0 Å². The van der Waals surface area contributed by atoms with E-state index in [9.17, 15) is 8.78 Å². The molecule has 0 aliphatic heterocycles. The Labute approximate surface area is 152 Å². The van der Waals surface area contributed by atoms with Crippen LogP contribution in [0.5, 0.6) is 6.01 Å². The minimum absolute atomic E-state index is 0.000474. The van der Waals surface area contributed by atoms with Crippen molar-refractivity contribution in [3.05, 3.63) is 58.6 Å². The van der Waals surface area contributed by atoms with Crippen LogP contribution < -0.4 is 4.74 Å². The van der Waals surface area contributed by atoms with Crippen LogP contribution in [0.2, 0.25) is 5.02 Å². The predicted molar refractivity (Wildman–Crippen MR) is 88.4 cm³/mol. The molecular formula is C16H14ClF2N5O2. The van der Waals surface area contributed by atoms with Gasteiger partial charge in [0.1, 0.15) is 12.3 Å². The van der Waals surface area contributed by atoms with E-state index in [4.69, 9.17) is 21.1 Å². The van der Waals surface area contributed by atoms with Crippen LogP contribution in [0.4, 0.5) is 8.78 Å². The molecule has 2 heterocycles. The van der Waals surface area contributed by atoms with Crippen LogP contribution in [0, 0.1) is 0 Å². The maximum Gasteiger partial charge on any atom is 0.317 e. The molecule has 10 heteroatoms. The fourth-order valence-electron chi connectivity index (χ4n) is 2.14. The number of aromatic nitrogens is 5. The molecule has 0 bridgehead atoms. The summed E-state index contributed by atoms with van der Waals surface area (Å²) >= 11 is 5.77. The summed E-state index contributed by atoms with van der Waals surface area (Å²) in [6, 6.07) is 6.13. The van der Waals surface area contributed by atoms with Gasteiger partial charge in [0.2, 0.25) is 0 Å². The molecule has 3 rings (SSSR count). The first-order valence-corrected chi connectivity index (χ1v) is 7.87. The number of rotatable bonds is 7. The lowest BCUT2D eigenvalue weighted by molar-refractivity contribution is 0.151. The average molecular weight is 382 g/mol. The molecule has 0 radical (unpaired) electrons. The molecule has 3 aromatic rings. The lowest BCUT2D eigenvalue weighted by Crippen LogP contribution is -2.02. The number of nitrogens with zero attached hydrogens (tertiary/aromatic N) is 5. The molecule has 2 aromatic heterocycles. The number of methoxy groups -OCH3 is 1. The highest BCUT2D eigenvalue weighted by Crippen LogP contribution is 2.28. The molecule has 0 aliphatic carbocycles. The number of alkyl halides is 2. The number of benzene rings is 1. The van der Waals surface area contributed by atoms with Gasteiger partial charge in [0.05, 0.1) is 24.2 Å². The zero-order chi connectivity index (χ0) is 18.5. The summed E-state index contributed by atoms with van der Waals surface area (Å²) in [7, 11) is 1.57. The standard InChI is InChI=1S/C16H14ClF2N5O2/c1-25-8-10-4-5-20-16(21-10)26-9-11-7-24(23-22-11)12-2-3-14(17)13(6-12)15(18)19/h2-7,15H,8-9H2,1H3. The third kappa shape index (κ3) is 4.30. The van der Waals surface area contributed by atoms with Gasteiger partial charge in [-0.15, -0.1) is 5.10 Å². The molecule has 26 heavy (non-hydrogen) atoms. The molecule has 0 amide bonds. The van der Waals surface area contributed by atoms with Gasteiger partial charge in [-0.25, -0.2) is 18.4 Å². The lowest BCUT2D eigenvalue weighted by atomic mass is 10.2. The van der Waals surface area contributed by atoms with Crippen molar-refractivity contribution < 1.29 is 18.3 Å². The first kappa shape index (κ1) is 18.2. The van der Waals surface area contributed by atoms with E-state index in [1.807, 2.05) is 0 Å². The van der Waals surface area contributed by atoms with Crippen molar-refractivity contribution in [2.45, 2.75) is 19.6 Å². The molecule has 0 aliphatic rings. The summed E-state index contributed by atoms with van der Waals surface area (Å²) in [5, 5.41) is 7.86. The Balaban J connectivity index is 1.70. The van der Waals surface area contributed by atoms with Gasteiger partial charge >= 0.3 is 6.01 Å². The van der Waals surface area contributed by atoms with Crippen molar-refractivity contribution in [3.8, 4) is 11.7 Å². The van der Waals surface area contributed by atoms with Crippen LogP contribution in [-0.4, -0.2) is 32.1 Å². The van der Waals surface area contributed by atoms with Crippen LogP contribution in [0.25, 0.3) is 5.69 Å². The van der Waals surface area contributed by atoms with Gasteiger partial charge in [-0.1, -0.05) is 16.8 Å². The molecule has 0 saturated heterocycles. The highest BCUT2D eigenvalue weighted by Gasteiger charge is 2.14. The van der Waals surface area contributed by atoms with Crippen molar-refractivity contribution in [1.82, 2.24) is 25.0 Å². The maximum absolute atomic E-state index is 13.0. The van der Waals surface area contributed by atoms with E-state index in [1.165, 1.54) is 16.8 Å². The number of hydrogen-bond acceptors (Lipinski definition) is 6. The summed E-state index contributed by atoms with van der Waals surface area (Å²) in [6.07, 6.45) is 0.454. The van der Waals surface area contributed by atoms with Gasteiger partial charge in [-0.05, 0) is 24.3 Å². The topological polar surface area (TPSA) is 75.0 Å². The maximum atomic E-state index is 13.0. The highest BCUT2D eigenvalue weighted by molar-refractivity contribution is 6.31. The summed E-state index contributed by atoms with van der Waals surface area (Å²) in [4.78, 5) is 8.17. The number of halogens is 3. The molecular weight excluding hydrogens is 368 g/mol. The van der Waals surface area contributed by atoms with Crippen LogP contribution in [0.15, 0.2) is 36.7 Å². The van der Waals surface area contributed by atoms with Gasteiger partial charge in [-0.2, -0.15) is 4.98 Å². The first-order valence-electron chi connectivity index (χ1n) is 7.49. The molecule has 0 fully saturated rings. The van der Waals surface area contributed by atoms with E-state index < -0.39 is 6.43 Å². The third-order valence-electron chi connectivity index (χ3n) is 3.35. The molecule has 0 unspecified atom stereocenters. The Morgan fingerprint density at radius 2 is 2.04 bits per heavy atom. The van der Waals surface area contributed by atoms with Gasteiger partial charge in [0.25, 0.3) is 6.43 Å². The van der Waals surface area contributed by atoms with Crippen LogP contribution >= 0.6 is 11.6 Å².